The Kier molecular flexibility index (Phi) is 4.44. The van der Waals surface area contributed by atoms with E-state index in [1.807, 2.05) is 6.92 Å². The largest absolute Gasteiger partial charge is 0.375 e. The van der Waals surface area contributed by atoms with Crippen LogP contribution in [0.25, 0.3) is 0 Å². The van der Waals surface area contributed by atoms with Crippen LogP contribution in [0.5, 0.6) is 0 Å². The first-order valence-electron chi connectivity index (χ1n) is 7.37. The van der Waals surface area contributed by atoms with Crippen LogP contribution >= 0.6 is 0 Å². The molecule has 0 bridgehead atoms. The van der Waals surface area contributed by atoms with Crippen molar-refractivity contribution in [3.8, 4) is 0 Å². The highest BCUT2D eigenvalue weighted by Crippen LogP contribution is 2.44. The molecule has 0 aromatic rings. The molecule has 0 radical (unpaired) electrons. The zero-order valence-corrected chi connectivity index (χ0v) is 11.9. The van der Waals surface area contributed by atoms with Crippen LogP contribution in [-0.2, 0) is 14.3 Å². The minimum atomic E-state index is -0.227. The summed E-state index contributed by atoms with van der Waals surface area (Å²) < 4.78 is 11.5. The molecule has 2 fully saturated rings. The van der Waals surface area contributed by atoms with Crippen LogP contribution in [0.3, 0.4) is 0 Å². The fourth-order valence-electron chi connectivity index (χ4n) is 3.21. The van der Waals surface area contributed by atoms with Crippen molar-refractivity contribution in [1.29, 1.82) is 0 Å². The molecule has 0 amide bonds. The minimum absolute atomic E-state index is 0.0479. The third-order valence-corrected chi connectivity index (χ3v) is 4.39. The van der Waals surface area contributed by atoms with Crippen LogP contribution in [0.2, 0.25) is 0 Å². The number of carbonyl (C=O) groups excluding carboxylic acids is 1. The average Bonchev–Trinajstić information content (AvgIpc) is 2.33. The quantitative estimate of drug-likeness (QED) is 0.756. The van der Waals surface area contributed by atoms with Crippen LogP contribution in [0.1, 0.15) is 52.9 Å². The molecule has 18 heavy (non-hydrogen) atoms. The van der Waals surface area contributed by atoms with Crippen LogP contribution in [0.4, 0.5) is 0 Å². The second kappa shape index (κ2) is 5.70. The Labute approximate surface area is 110 Å². The number of hydrogen-bond acceptors (Lipinski definition) is 3. The number of hydrogen-bond donors (Lipinski definition) is 0. The molecule has 0 aromatic heterocycles. The lowest BCUT2D eigenvalue weighted by molar-refractivity contribution is -0.163. The van der Waals surface area contributed by atoms with E-state index in [0.29, 0.717) is 12.4 Å². The Balaban J connectivity index is 1.98. The normalized spacial score (nSPS) is 28.1. The summed E-state index contributed by atoms with van der Waals surface area (Å²) in [6.07, 6.45) is 5.09. The fourth-order valence-corrected chi connectivity index (χ4v) is 3.21. The van der Waals surface area contributed by atoms with Gasteiger partial charge in [0, 0.05) is 19.1 Å². The molecule has 3 nitrogen and oxygen atoms in total. The van der Waals surface area contributed by atoms with Gasteiger partial charge in [-0.25, -0.2) is 0 Å². The van der Waals surface area contributed by atoms with Crippen molar-refractivity contribution >= 4 is 5.78 Å². The number of Topliss-reactive ketones (excluding diaryl/α,β-unsaturated/α-hetero) is 1. The summed E-state index contributed by atoms with van der Waals surface area (Å²) in [6, 6.07) is 0. The maximum absolute atomic E-state index is 12.6. The summed E-state index contributed by atoms with van der Waals surface area (Å²) in [5.41, 5.74) is 0.0479. The standard InChI is InChI=1S/C15H26O3/c1-4-17-14(11(2)3)13(16)12-6-9-18-15(10-12)7-5-8-15/h11-12,14H,4-10H2,1-3H3. The number of rotatable bonds is 5. The maximum atomic E-state index is 12.6. The van der Waals surface area contributed by atoms with Gasteiger partial charge in [0.25, 0.3) is 0 Å². The van der Waals surface area contributed by atoms with Gasteiger partial charge in [0.05, 0.1) is 5.60 Å². The highest BCUT2D eigenvalue weighted by molar-refractivity contribution is 5.85. The molecule has 1 aliphatic carbocycles. The fraction of sp³-hybridized carbons (Fsp3) is 0.933. The lowest BCUT2D eigenvalue weighted by Crippen LogP contribution is -2.49. The topological polar surface area (TPSA) is 35.5 Å². The molecule has 2 atom stereocenters. The number of ether oxygens (including phenoxy) is 2. The van der Waals surface area contributed by atoms with E-state index in [1.54, 1.807) is 0 Å². The minimum Gasteiger partial charge on any atom is -0.375 e. The Bertz CT molecular complexity index is 294. The highest BCUT2D eigenvalue weighted by Gasteiger charge is 2.45. The Hall–Kier alpha value is -0.410. The summed E-state index contributed by atoms with van der Waals surface area (Å²) >= 11 is 0. The van der Waals surface area contributed by atoms with Gasteiger partial charge >= 0.3 is 0 Å². The van der Waals surface area contributed by atoms with E-state index in [-0.39, 0.29) is 23.5 Å². The number of ketones is 1. The summed E-state index contributed by atoms with van der Waals surface area (Å²) in [7, 11) is 0. The van der Waals surface area contributed by atoms with E-state index >= 15 is 0 Å². The van der Waals surface area contributed by atoms with Crippen molar-refractivity contribution in [3.05, 3.63) is 0 Å². The molecular weight excluding hydrogens is 228 g/mol. The van der Waals surface area contributed by atoms with Gasteiger partial charge in [-0.15, -0.1) is 0 Å². The molecule has 0 N–H and O–H groups in total. The first kappa shape index (κ1) is 14.0. The van der Waals surface area contributed by atoms with Gasteiger partial charge < -0.3 is 9.47 Å². The monoisotopic (exact) mass is 254 g/mol. The van der Waals surface area contributed by atoms with Gasteiger partial charge in [0.2, 0.25) is 0 Å². The first-order valence-corrected chi connectivity index (χ1v) is 7.37. The van der Waals surface area contributed by atoms with Gasteiger partial charge in [-0.3, -0.25) is 4.79 Å². The first-order chi connectivity index (χ1) is 8.58. The molecular formula is C15H26O3. The molecule has 1 heterocycles. The molecule has 104 valence electrons. The second-order valence-electron chi connectivity index (χ2n) is 6.10. The van der Waals surface area contributed by atoms with Crippen LogP contribution < -0.4 is 0 Å². The van der Waals surface area contributed by atoms with E-state index < -0.39 is 0 Å². The third-order valence-electron chi connectivity index (χ3n) is 4.39. The Morgan fingerprint density at radius 1 is 1.44 bits per heavy atom. The average molecular weight is 254 g/mol. The van der Waals surface area contributed by atoms with Crippen LogP contribution in [0, 0.1) is 11.8 Å². The molecule has 1 saturated carbocycles. The lowest BCUT2D eigenvalue weighted by atomic mass is 9.70. The van der Waals surface area contributed by atoms with Crippen molar-refractivity contribution in [1.82, 2.24) is 0 Å². The summed E-state index contributed by atoms with van der Waals surface area (Å²) in [5.74, 6) is 0.720. The van der Waals surface area contributed by atoms with E-state index in [0.717, 1.165) is 32.3 Å². The Morgan fingerprint density at radius 3 is 2.67 bits per heavy atom. The molecule has 1 saturated heterocycles. The maximum Gasteiger partial charge on any atom is 0.165 e. The van der Waals surface area contributed by atoms with E-state index in [9.17, 15) is 4.79 Å². The highest BCUT2D eigenvalue weighted by atomic mass is 16.5. The molecule has 1 spiro atoms. The van der Waals surface area contributed by atoms with E-state index in [1.165, 1.54) is 6.42 Å². The number of carbonyl (C=O) groups is 1. The van der Waals surface area contributed by atoms with Crippen molar-refractivity contribution in [2.24, 2.45) is 11.8 Å². The van der Waals surface area contributed by atoms with Crippen molar-refractivity contribution < 1.29 is 14.3 Å². The summed E-state index contributed by atoms with van der Waals surface area (Å²) in [5, 5.41) is 0. The summed E-state index contributed by atoms with van der Waals surface area (Å²) in [6.45, 7) is 7.45. The molecule has 2 rings (SSSR count). The SMILES string of the molecule is CCOC(C(=O)C1CCOC2(CCC2)C1)C(C)C. The van der Waals surface area contributed by atoms with Crippen LogP contribution in [-0.4, -0.2) is 30.7 Å². The summed E-state index contributed by atoms with van der Waals surface area (Å²) in [4.78, 5) is 12.6. The second-order valence-corrected chi connectivity index (χ2v) is 6.10. The van der Waals surface area contributed by atoms with E-state index in [2.05, 4.69) is 13.8 Å². The van der Waals surface area contributed by atoms with Crippen molar-refractivity contribution in [2.45, 2.75) is 64.6 Å². The van der Waals surface area contributed by atoms with Gasteiger partial charge in [-0.2, -0.15) is 0 Å². The molecule has 2 aliphatic rings. The van der Waals surface area contributed by atoms with Gasteiger partial charge in [0.15, 0.2) is 5.78 Å². The van der Waals surface area contributed by atoms with Crippen molar-refractivity contribution in [3.63, 3.8) is 0 Å². The lowest BCUT2D eigenvalue weighted by Gasteiger charge is -2.47. The zero-order valence-electron chi connectivity index (χ0n) is 11.9. The molecule has 0 aromatic carbocycles. The van der Waals surface area contributed by atoms with Gasteiger partial charge in [-0.1, -0.05) is 13.8 Å². The smallest absolute Gasteiger partial charge is 0.165 e. The molecule has 2 unspecified atom stereocenters. The van der Waals surface area contributed by atoms with Crippen molar-refractivity contribution in [2.75, 3.05) is 13.2 Å². The van der Waals surface area contributed by atoms with Gasteiger partial charge in [0.1, 0.15) is 6.10 Å². The van der Waals surface area contributed by atoms with Gasteiger partial charge in [-0.05, 0) is 44.9 Å². The predicted molar refractivity (Wildman–Crippen MR) is 70.5 cm³/mol. The van der Waals surface area contributed by atoms with E-state index in [4.69, 9.17) is 9.47 Å². The van der Waals surface area contributed by atoms with Crippen LogP contribution in [0.15, 0.2) is 0 Å². The third kappa shape index (κ3) is 2.77. The predicted octanol–water partition coefficient (Wildman–Crippen LogP) is 2.97. The molecule has 1 aliphatic heterocycles. The Morgan fingerprint density at radius 2 is 2.17 bits per heavy atom. The molecule has 3 heteroatoms. The zero-order chi connectivity index (χ0) is 13.2.